The SMILES string of the molecule is NNC(=O)c1cccc(OCc2cc(C(F)(F)F)cc(C(F)(F)F)c2)c1. The fourth-order valence-electron chi connectivity index (χ4n) is 2.08. The van der Waals surface area contributed by atoms with E-state index in [2.05, 4.69) is 0 Å². The third-order valence-corrected chi connectivity index (χ3v) is 3.28. The van der Waals surface area contributed by atoms with Crippen molar-refractivity contribution in [3.05, 3.63) is 64.7 Å². The fraction of sp³-hybridized carbons (Fsp3) is 0.188. The summed E-state index contributed by atoms with van der Waals surface area (Å²) in [5, 5.41) is 0. The van der Waals surface area contributed by atoms with E-state index in [1.807, 2.05) is 5.43 Å². The topological polar surface area (TPSA) is 64.3 Å². The van der Waals surface area contributed by atoms with E-state index in [1.165, 1.54) is 24.3 Å². The first-order valence-corrected chi connectivity index (χ1v) is 7.03. The van der Waals surface area contributed by atoms with Crippen LogP contribution < -0.4 is 16.0 Å². The van der Waals surface area contributed by atoms with E-state index < -0.39 is 36.0 Å². The average molecular weight is 378 g/mol. The van der Waals surface area contributed by atoms with Crippen LogP contribution in [0.2, 0.25) is 0 Å². The summed E-state index contributed by atoms with van der Waals surface area (Å²) in [7, 11) is 0. The molecule has 0 aliphatic rings. The van der Waals surface area contributed by atoms with E-state index in [-0.39, 0.29) is 22.9 Å². The van der Waals surface area contributed by atoms with Gasteiger partial charge in [0, 0.05) is 5.56 Å². The Bertz CT molecular complexity index is 770. The largest absolute Gasteiger partial charge is 0.489 e. The second-order valence-corrected chi connectivity index (χ2v) is 5.20. The highest BCUT2D eigenvalue weighted by atomic mass is 19.4. The summed E-state index contributed by atoms with van der Waals surface area (Å²) in [6, 6.07) is 6.66. The maximum Gasteiger partial charge on any atom is 0.416 e. The molecule has 0 aromatic heterocycles. The number of halogens is 6. The minimum absolute atomic E-state index is 0.0374. The third kappa shape index (κ3) is 4.88. The van der Waals surface area contributed by atoms with Crippen LogP contribution in [0, 0.1) is 0 Å². The Morgan fingerprint density at radius 2 is 1.54 bits per heavy atom. The van der Waals surface area contributed by atoms with Crippen molar-refractivity contribution >= 4 is 5.91 Å². The number of nitrogens with two attached hydrogens (primary N) is 1. The Morgan fingerprint density at radius 1 is 0.962 bits per heavy atom. The maximum absolute atomic E-state index is 12.8. The van der Waals surface area contributed by atoms with Gasteiger partial charge in [0.1, 0.15) is 12.4 Å². The van der Waals surface area contributed by atoms with Crippen molar-refractivity contribution in [1.82, 2.24) is 5.43 Å². The number of carbonyl (C=O) groups is 1. The van der Waals surface area contributed by atoms with Gasteiger partial charge in [0.2, 0.25) is 0 Å². The van der Waals surface area contributed by atoms with Crippen LogP contribution in [0.3, 0.4) is 0 Å². The fourth-order valence-corrected chi connectivity index (χ4v) is 2.08. The lowest BCUT2D eigenvalue weighted by Crippen LogP contribution is -2.29. The van der Waals surface area contributed by atoms with Crippen molar-refractivity contribution < 1.29 is 35.9 Å². The number of hydrazine groups is 1. The van der Waals surface area contributed by atoms with E-state index in [4.69, 9.17) is 10.6 Å². The van der Waals surface area contributed by atoms with Crippen molar-refractivity contribution in [3.63, 3.8) is 0 Å². The maximum atomic E-state index is 12.8. The number of ether oxygens (including phenoxy) is 1. The van der Waals surface area contributed by atoms with Crippen molar-refractivity contribution in [3.8, 4) is 5.75 Å². The van der Waals surface area contributed by atoms with E-state index in [0.717, 1.165) is 0 Å². The highest BCUT2D eigenvalue weighted by Crippen LogP contribution is 2.36. The van der Waals surface area contributed by atoms with Gasteiger partial charge in [-0.15, -0.1) is 0 Å². The Labute approximate surface area is 143 Å². The molecule has 0 saturated carbocycles. The number of amides is 1. The lowest BCUT2D eigenvalue weighted by Gasteiger charge is -2.15. The highest BCUT2D eigenvalue weighted by molar-refractivity contribution is 5.94. The van der Waals surface area contributed by atoms with Gasteiger partial charge in [-0.2, -0.15) is 26.3 Å². The Balaban J connectivity index is 2.28. The van der Waals surface area contributed by atoms with Crippen molar-refractivity contribution in [1.29, 1.82) is 0 Å². The Hall–Kier alpha value is -2.75. The normalized spacial score (nSPS) is 12.0. The molecule has 0 aliphatic heterocycles. The summed E-state index contributed by atoms with van der Waals surface area (Å²) < 4.78 is 82.1. The van der Waals surface area contributed by atoms with E-state index in [9.17, 15) is 31.1 Å². The van der Waals surface area contributed by atoms with Gasteiger partial charge in [-0.1, -0.05) is 6.07 Å². The smallest absolute Gasteiger partial charge is 0.416 e. The Morgan fingerprint density at radius 3 is 2.04 bits per heavy atom. The summed E-state index contributed by atoms with van der Waals surface area (Å²) in [6.45, 7) is -0.555. The standard InChI is InChI=1S/C16H12F6N2O2/c17-15(18,19)11-4-9(5-12(7-11)16(20,21)22)8-26-13-3-1-2-10(6-13)14(25)24-23/h1-7H,8,23H2,(H,24,25). The number of hydrogen-bond donors (Lipinski definition) is 2. The van der Waals surface area contributed by atoms with Gasteiger partial charge in [0.25, 0.3) is 5.91 Å². The zero-order chi connectivity index (χ0) is 19.5. The minimum atomic E-state index is -4.94. The van der Waals surface area contributed by atoms with Gasteiger partial charge >= 0.3 is 12.4 Å². The predicted octanol–water partition coefficient (Wildman–Crippen LogP) is 3.91. The molecule has 10 heteroatoms. The molecular formula is C16H12F6N2O2. The number of nitrogens with one attached hydrogen (secondary N) is 1. The van der Waals surface area contributed by atoms with Crippen LogP contribution in [0.4, 0.5) is 26.3 Å². The van der Waals surface area contributed by atoms with Gasteiger partial charge in [-0.05, 0) is 42.0 Å². The summed E-state index contributed by atoms with van der Waals surface area (Å²) in [5.41, 5.74) is -1.17. The van der Waals surface area contributed by atoms with Gasteiger partial charge < -0.3 is 4.74 Å². The molecule has 26 heavy (non-hydrogen) atoms. The monoisotopic (exact) mass is 378 g/mol. The molecule has 0 radical (unpaired) electrons. The quantitative estimate of drug-likeness (QED) is 0.367. The molecule has 0 atom stereocenters. The second kappa shape index (κ2) is 7.24. The molecule has 0 aliphatic carbocycles. The Kier molecular flexibility index (Phi) is 5.45. The number of benzene rings is 2. The van der Waals surface area contributed by atoms with Crippen LogP contribution in [-0.4, -0.2) is 5.91 Å². The molecule has 0 saturated heterocycles. The van der Waals surface area contributed by atoms with E-state index in [1.54, 1.807) is 0 Å². The first kappa shape index (κ1) is 19.6. The zero-order valence-corrected chi connectivity index (χ0v) is 12.9. The van der Waals surface area contributed by atoms with Gasteiger partial charge in [0.05, 0.1) is 11.1 Å². The van der Waals surface area contributed by atoms with Crippen LogP contribution in [0.15, 0.2) is 42.5 Å². The number of rotatable bonds is 4. The molecule has 140 valence electrons. The van der Waals surface area contributed by atoms with Crippen molar-refractivity contribution in [2.75, 3.05) is 0 Å². The highest BCUT2D eigenvalue weighted by Gasteiger charge is 2.36. The van der Waals surface area contributed by atoms with Crippen LogP contribution in [0.1, 0.15) is 27.0 Å². The molecule has 0 fully saturated rings. The van der Waals surface area contributed by atoms with E-state index in [0.29, 0.717) is 12.1 Å². The van der Waals surface area contributed by atoms with Crippen LogP contribution in [0.5, 0.6) is 5.75 Å². The molecule has 0 unspecified atom stereocenters. The summed E-state index contributed by atoms with van der Waals surface area (Å²) >= 11 is 0. The lowest BCUT2D eigenvalue weighted by molar-refractivity contribution is -0.143. The summed E-state index contributed by atoms with van der Waals surface area (Å²) in [4.78, 5) is 11.4. The molecule has 0 heterocycles. The molecule has 0 spiro atoms. The molecule has 3 N–H and O–H groups in total. The first-order chi connectivity index (χ1) is 12.0. The molecule has 2 aromatic carbocycles. The van der Waals surface area contributed by atoms with Crippen molar-refractivity contribution in [2.45, 2.75) is 19.0 Å². The second-order valence-electron chi connectivity index (χ2n) is 5.20. The van der Waals surface area contributed by atoms with Gasteiger partial charge in [-0.25, -0.2) is 5.84 Å². The molecule has 2 aromatic rings. The predicted molar refractivity (Wildman–Crippen MR) is 78.9 cm³/mol. The summed E-state index contributed by atoms with van der Waals surface area (Å²) in [6.07, 6.45) is -9.87. The first-order valence-electron chi connectivity index (χ1n) is 7.03. The number of hydrogen-bond acceptors (Lipinski definition) is 3. The average Bonchev–Trinajstić information content (AvgIpc) is 2.57. The van der Waals surface area contributed by atoms with Crippen LogP contribution in [-0.2, 0) is 19.0 Å². The van der Waals surface area contributed by atoms with Gasteiger partial charge in [0.15, 0.2) is 0 Å². The number of nitrogen functional groups attached to an aromatic ring is 1. The molecule has 2 rings (SSSR count). The van der Waals surface area contributed by atoms with Crippen LogP contribution >= 0.6 is 0 Å². The lowest BCUT2D eigenvalue weighted by atomic mass is 10.1. The molecule has 1 amide bonds. The van der Waals surface area contributed by atoms with E-state index >= 15 is 0 Å². The number of carbonyl (C=O) groups excluding carboxylic acids is 1. The van der Waals surface area contributed by atoms with Crippen molar-refractivity contribution in [2.24, 2.45) is 5.84 Å². The minimum Gasteiger partial charge on any atom is -0.489 e. The van der Waals surface area contributed by atoms with Gasteiger partial charge in [-0.3, -0.25) is 10.2 Å². The van der Waals surface area contributed by atoms with Crippen LogP contribution in [0.25, 0.3) is 0 Å². The zero-order valence-electron chi connectivity index (χ0n) is 12.9. The number of alkyl halides is 6. The molecule has 4 nitrogen and oxygen atoms in total. The molecular weight excluding hydrogens is 366 g/mol. The molecule has 0 bridgehead atoms. The summed E-state index contributed by atoms with van der Waals surface area (Å²) in [5.74, 6) is 4.43. The third-order valence-electron chi connectivity index (χ3n) is 3.28.